The Balaban J connectivity index is 1.47. The summed E-state index contributed by atoms with van der Waals surface area (Å²) in [5.74, 6) is 0.836. The van der Waals surface area contributed by atoms with Gasteiger partial charge in [-0.3, -0.25) is 9.89 Å². The molecule has 6 nitrogen and oxygen atoms in total. The van der Waals surface area contributed by atoms with Crippen molar-refractivity contribution in [2.75, 3.05) is 46.3 Å². The van der Waals surface area contributed by atoms with Crippen molar-refractivity contribution in [2.24, 2.45) is 4.99 Å². The highest BCUT2D eigenvalue weighted by molar-refractivity contribution is 7.09. The average molecular weight is 415 g/mol. The normalized spacial score (nSPS) is 16.2. The molecule has 2 aromatic rings. The Morgan fingerprint density at radius 2 is 1.83 bits per heavy atom. The molecule has 0 atom stereocenters. The molecule has 1 aromatic carbocycles. The van der Waals surface area contributed by atoms with Crippen LogP contribution in [0.1, 0.15) is 28.8 Å². The van der Waals surface area contributed by atoms with Gasteiger partial charge < -0.3 is 15.5 Å². The minimum atomic E-state index is 0.778. The number of aryl methyl sites for hydroxylation is 1. The second kappa shape index (κ2) is 11.3. The van der Waals surface area contributed by atoms with E-state index in [1.165, 1.54) is 24.2 Å². The van der Waals surface area contributed by atoms with Gasteiger partial charge in [0.15, 0.2) is 5.96 Å². The fourth-order valence-corrected chi connectivity index (χ4v) is 4.27. The molecule has 0 aliphatic carbocycles. The predicted molar refractivity (Wildman–Crippen MR) is 123 cm³/mol. The molecule has 3 rings (SSSR count). The Hall–Kier alpha value is -1.96. The molecule has 1 aliphatic heterocycles. The van der Waals surface area contributed by atoms with Crippen LogP contribution < -0.4 is 10.6 Å². The lowest BCUT2D eigenvalue weighted by Gasteiger charge is -2.34. The summed E-state index contributed by atoms with van der Waals surface area (Å²) < 4.78 is 0. The lowest BCUT2D eigenvalue weighted by Crippen LogP contribution is -2.45. The molecule has 0 bridgehead atoms. The van der Waals surface area contributed by atoms with E-state index < -0.39 is 0 Å². The average Bonchev–Trinajstić information content (AvgIpc) is 3.17. The van der Waals surface area contributed by atoms with Crippen molar-refractivity contribution in [1.29, 1.82) is 0 Å². The maximum absolute atomic E-state index is 4.51. The van der Waals surface area contributed by atoms with E-state index in [0.717, 1.165) is 62.4 Å². The van der Waals surface area contributed by atoms with E-state index in [2.05, 4.69) is 67.0 Å². The van der Waals surface area contributed by atoms with Crippen molar-refractivity contribution < 1.29 is 0 Å². The Kier molecular flexibility index (Phi) is 8.46. The van der Waals surface area contributed by atoms with Crippen LogP contribution in [0.5, 0.6) is 0 Å². The summed E-state index contributed by atoms with van der Waals surface area (Å²) in [5.41, 5.74) is 3.88. The van der Waals surface area contributed by atoms with Crippen molar-refractivity contribution in [2.45, 2.75) is 33.4 Å². The first-order valence-corrected chi connectivity index (χ1v) is 11.4. The third-order valence-electron chi connectivity index (χ3n) is 5.43. The van der Waals surface area contributed by atoms with Crippen LogP contribution in [0.4, 0.5) is 0 Å². The monoisotopic (exact) mass is 414 g/mol. The molecular weight excluding hydrogens is 380 g/mol. The molecule has 7 heteroatoms. The number of thiazole rings is 1. The molecule has 0 saturated carbocycles. The van der Waals surface area contributed by atoms with Crippen molar-refractivity contribution in [1.82, 2.24) is 25.4 Å². The Labute approximate surface area is 179 Å². The maximum Gasteiger partial charge on any atom is 0.191 e. The molecule has 1 fully saturated rings. The molecule has 158 valence electrons. The van der Waals surface area contributed by atoms with Crippen LogP contribution in [0.3, 0.4) is 0 Å². The van der Waals surface area contributed by atoms with Gasteiger partial charge in [0, 0.05) is 64.7 Å². The van der Waals surface area contributed by atoms with Crippen molar-refractivity contribution in [3.8, 4) is 0 Å². The maximum atomic E-state index is 4.51. The van der Waals surface area contributed by atoms with Crippen LogP contribution in [-0.4, -0.2) is 67.1 Å². The minimum absolute atomic E-state index is 0.778. The zero-order valence-electron chi connectivity index (χ0n) is 17.9. The van der Waals surface area contributed by atoms with E-state index in [1.807, 2.05) is 14.0 Å². The first-order valence-electron chi connectivity index (χ1n) is 10.5. The number of nitrogens with one attached hydrogen (secondary N) is 2. The van der Waals surface area contributed by atoms with Crippen molar-refractivity contribution in [3.05, 3.63) is 51.5 Å². The van der Waals surface area contributed by atoms with Gasteiger partial charge in [0.25, 0.3) is 0 Å². The fourth-order valence-electron chi connectivity index (χ4n) is 3.62. The molecule has 0 radical (unpaired) electrons. The number of guanidine groups is 1. The van der Waals surface area contributed by atoms with E-state index in [-0.39, 0.29) is 0 Å². The highest BCUT2D eigenvalue weighted by Gasteiger charge is 2.16. The molecule has 0 amide bonds. The standard InChI is InChI=1S/C22H34N6S/c1-4-27-11-13-28(14-12-27)16-20-8-6-5-7-19(20)15-25-22(23-3)24-10-9-21-17-29-18(2)26-21/h5-8,17H,4,9-16H2,1-3H3,(H2,23,24,25). The number of piperazine rings is 1. The first-order chi connectivity index (χ1) is 14.2. The molecule has 2 heterocycles. The fraction of sp³-hybridized carbons (Fsp3) is 0.545. The number of nitrogens with zero attached hydrogens (tertiary/aromatic N) is 4. The molecular formula is C22H34N6S. The largest absolute Gasteiger partial charge is 0.356 e. The van der Waals surface area contributed by atoms with Crippen LogP contribution in [-0.2, 0) is 19.5 Å². The van der Waals surface area contributed by atoms with E-state index in [9.17, 15) is 0 Å². The summed E-state index contributed by atoms with van der Waals surface area (Å²) in [6.07, 6.45) is 0.908. The summed E-state index contributed by atoms with van der Waals surface area (Å²) in [7, 11) is 1.82. The number of aromatic nitrogens is 1. The lowest BCUT2D eigenvalue weighted by atomic mass is 10.1. The molecule has 1 aromatic heterocycles. The highest BCUT2D eigenvalue weighted by Crippen LogP contribution is 2.13. The number of aliphatic imine (C=N–C) groups is 1. The highest BCUT2D eigenvalue weighted by atomic mass is 32.1. The van der Waals surface area contributed by atoms with Gasteiger partial charge >= 0.3 is 0 Å². The summed E-state index contributed by atoms with van der Waals surface area (Å²) in [4.78, 5) is 14.0. The summed E-state index contributed by atoms with van der Waals surface area (Å²) in [6, 6.07) is 8.74. The Bertz CT molecular complexity index is 779. The van der Waals surface area contributed by atoms with E-state index in [0.29, 0.717) is 0 Å². The third kappa shape index (κ3) is 6.80. The van der Waals surface area contributed by atoms with Crippen LogP contribution in [0, 0.1) is 6.92 Å². The van der Waals surface area contributed by atoms with Gasteiger partial charge in [0.05, 0.1) is 10.7 Å². The molecule has 0 spiro atoms. The lowest BCUT2D eigenvalue weighted by molar-refractivity contribution is 0.131. The number of hydrogen-bond donors (Lipinski definition) is 2. The molecule has 1 aliphatic rings. The van der Waals surface area contributed by atoms with Crippen LogP contribution in [0.2, 0.25) is 0 Å². The van der Waals surface area contributed by atoms with Crippen LogP contribution >= 0.6 is 11.3 Å². The predicted octanol–water partition coefficient (Wildman–Crippen LogP) is 2.50. The van der Waals surface area contributed by atoms with Crippen LogP contribution in [0.15, 0.2) is 34.6 Å². The second-order valence-electron chi connectivity index (χ2n) is 7.44. The molecule has 0 unspecified atom stereocenters. The van der Waals surface area contributed by atoms with Crippen LogP contribution in [0.25, 0.3) is 0 Å². The molecule has 29 heavy (non-hydrogen) atoms. The third-order valence-corrected chi connectivity index (χ3v) is 6.26. The van der Waals surface area contributed by atoms with Crippen molar-refractivity contribution in [3.63, 3.8) is 0 Å². The van der Waals surface area contributed by atoms with Gasteiger partial charge in [0.2, 0.25) is 0 Å². The summed E-state index contributed by atoms with van der Waals surface area (Å²) >= 11 is 1.70. The van der Waals surface area contributed by atoms with Crippen molar-refractivity contribution >= 4 is 17.3 Å². The Morgan fingerprint density at radius 1 is 1.10 bits per heavy atom. The molecule has 2 N–H and O–H groups in total. The van der Waals surface area contributed by atoms with Gasteiger partial charge in [-0.15, -0.1) is 11.3 Å². The number of likely N-dealkylation sites (N-methyl/N-ethyl adjacent to an activating group) is 1. The smallest absolute Gasteiger partial charge is 0.191 e. The van der Waals surface area contributed by atoms with Gasteiger partial charge in [-0.2, -0.15) is 0 Å². The van der Waals surface area contributed by atoms with E-state index >= 15 is 0 Å². The number of hydrogen-bond acceptors (Lipinski definition) is 5. The molecule has 1 saturated heterocycles. The van der Waals surface area contributed by atoms with Gasteiger partial charge in [-0.05, 0) is 24.6 Å². The van der Waals surface area contributed by atoms with E-state index in [4.69, 9.17) is 0 Å². The zero-order valence-corrected chi connectivity index (χ0v) is 18.8. The second-order valence-corrected chi connectivity index (χ2v) is 8.50. The summed E-state index contributed by atoms with van der Waals surface area (Å²) in [6.45, 7) is 12.7. The minimum Gasteiger partial charge on any atom is -0.356 e. The van der Waals surface area contributed by atoms with E-state index in [1.54, 1.807) is 11.3 Å². The number of benzene rings is 1. The SMILES string of the molecule is CCN1CCN(Cc2ccccc2CNC(=NC)NCCc2csc(C)n2)CC1. The van der Waals surface area contributed by atoms with Gasteiger partial charge in [0.1, 0.15) is 0 Å². The zero-order chi connectivity index (χ0) is 20.5. The van der Waals surface area contributed by atoms with Gasteiger partial charge in [-0.25, -0.2) is 4.98 Å². The van der Waals surface area contributed by atoms with Gasteiger partial charge in [-0.1, -0.05) is 31.2 Å². The first kappa shape index (κ1) is 21.7. The quantitative estimate of drug-likeness (QED) is 0.513. The topological polar surface area (TPSA) is 55.8 Å². The summed E-state index contributed by atoms with van der Waals surface area (Å²) in [5, 5.41) is 10.1. The number of rotatable bonds is 8. The Morgan fingerprint density at radius 3 is 2.48 bits per heavy atom.